The van der Waals surface area contributed by atoms with Crippen LogP contribution in [0.1, 0.15) is 26.2 Å². The zero-order valence-electron chi connectivity index (χ0n) is 11.3. The zero-order valence-corrected chi connectivity index (χ0v) is 11.3. The Morgan fingerprint density at radius 3 is 2.72 bits per heavy atom. The Bertz CT molecular complexity index is 284. The summed E-state index contributed by atoms with van der Waals surface area (Å²) in [6, 6.07) is 0. The fourth-order valence-corrected chi connectivity index (χ4v) is 2.39. The largest absolute Gasteiger partial charge is 0.379 e. The first-order chi connectivity index (χ1) is 8.60. The highest BCUT2D eigenvalue weighted by atomic mass is 16.5. The molecule has 1 aliphatic heterocycles. The Kier molecular flexibility index (Phi) is 4.59. The van der Waals surface area contributed by atoms with Crippen LogP contribution in [-0.4, -0.2) is 55.7 Å². The summed E-state index contributed by atoms with van der Waals surface area (Å²) in [5, 5.41) is 2.96. The topological polar surface area (TPSA) is 67.6 Å². The number of rotatable bonds is 6. The molecule has 2 rings (SSSR count). The van der Waals surface area contributed by atoms with Gasteiger partial charge in [-0.15, -0.1) is 0 Å². The molecule has 2 fully saturated rings. The fourth-order valence-electron chi connectivity index (χ4n) is 2.39. The number of nitrogens with two attached hydrogens (primary N) is 1. The number of nitrogens with zero attached hydrogens (tertiary/aromatic N) is 1. The molecule has 1 amide bonds. The molecule has 0 bridgehead atoms. The second-order valence-corrected chi connectivity index (χ2v) is 5.62. The van der Waals surface area contributed by atoms with Gasteiger partial charge >= 0.3 is 0 Å². The highest BCUT2D eigenvalue weighted by Crippen LogP contribution is 2.38. The van der Waals surface area contributed by atoms with E-state index in [1.54, 1.807) is 0 Å². The van der Waals surface area contributed by atoms with Gasteiger partial charge in [-0.05, 0) is 38.6 Å². The molecule has 1 unspecified atom stereocenters. The van der Waals surface area contributed by atoms with Crippen LogP contribution in [0.15, 0.2) is 0 Å². The van der Waals surface area contributed by atoms with Crippen LogP contribution in [0, 0.1) is 5.92 Å². The fraction of sp³-hybridized carbons (Fsp3) is 0.923. The SMILES string of the molecule is CC(N)(C(=O)NCCCN1CCOCC1)C1CC1. The summed E-state index contributed by atoms with van der Waals surface area (Å²) in [6.45, 7) is 7.26. The number of morpholine rings is 1. The number of ether oxygens (including phenoxy) is 1. The third-order valence-electron chi connectivity index (χ3n) is 3.96. The van der Waals surface area contributed by atoms with E-state index in [-0.39, 0.29) is 5.91 Å². The lowest BCUT2D eigenvalue weighted by atomic mass is 9.96. The highest BCUT2D eigenvalue weighted by molar-refractivity contribution is 5.86. The van der Waals surface area contributed by atoms with Crippen molar-refractivity contribution in [2.75, 3.05) is 39.4 Å². The molecule has 104 valence electrons. The summed E-state index contributed by atoms with van der Waals surface area (Å²) < 4.78 is 5.29. The van der Waals surface area contributed by atoms with Gasteiger partial charge in [0.2, 0.25) is 5.91 Å². The molecule has 1 saturated carbocycles. The molecule has 1 heterocycles. The van der Waals surface area contributed by atoms with Crippen molar-refractivity contribution in [3.63, 3.8) is 0 Å². The molecule has 1 saturated heterocycles. The van der Waals surface area contributed by atoms with Crippen molar-refractivity contribution in [2.45, 2.75) is 31.7 Å². The Morgan fingerprint density at radius 2 is 2.11 bits per heavy atom. The molecule has 0 aromatic rings. The Labute approximate surface area is 109 Å². The molecule has 1 aliphatic carbocycles. The van der Waals surface area contributed by atoms with Crippen LogP contribution in [0.5, 0.6) is 0 Å². The van der Waals surface area contributed by atoms with Crippen LogP contribution >= 0.6 is 0 Å². The van der Waals surface area contributed by atoms with Crippen LogP contribution in [0.2, 0.25) is 0 Å². The Morgan fingerprint density at radius 1 is 1.44 bits per heavy atom. The second-order valence-electron chi connectivity index (χ2n) is 5.62. The van der Waals surface area contributed by atoms with Crippen molar-refractivity contribution >= 4 is 5.91 Å². The molecule has 0 aromatic heterocycles. The maximum absolute atomic E-state index is 11.9. The summed E-state index contributed by atoms with van der Waals surface area (Å²) in [6.07, 6.45) is 3.16. The lowest BCUT2D eigenvalue weighted by Gasteiger charge is -2.27. The number of nitrogens with one attached hydrogen (secondary N) is 1. The lowest BCUT2D eigenvalue weighted by Crippen LogP contribution is -2.53. The summed E-state index contributed by atoms with van der Waals surface area (Å²) in [5.74, 6) is 0.392. The minimum atomic E-state index is -0.668. The van der Waals surface area contributed by atoms with Gasteiger partial charge in [-0.3, -0.25) is 9.69 Å². The molecular formula is C13H25N3O2. The predicted octanol–water partition coefficient (Wildman–Crippen LogP) is -0.0477. The van der Waals surface area contributed by atoms with Crippen molar-refractivity contribution in [1.82, 2.24) is 10.2 Å². The van der Waals surface area contributed by atoms with Crippen molar-refractivity contribution < 1.29 is 9.53 Å². The average Bonchev–Trinajstić information content (AvgIpc) is 3.20. The molecular weight excluding hydrogens is 230 g/mol. The van der Waals surface area contributed by atoms with Crippen molar-refractivity contribution in [2.24, 2.45) is 11.7 Å². The van der Waals surface area contributed by atoms with E-state index >= 15 is 0 Å². The Balaban J connectivity index is 1.58. The average molecular weight is 255 g/mol. The molecule has 5 heteroatoms. The Hall–Kier alpha value is -0.650. The highest BCUT2D eigenvalue weighted by Gasteiger charge is 2.43. The predicted molar refractivity (Wildman–Crippen MR) is 70.2 cm³/mol. The summed E-state index contributed by atoms with van der Waals surface area (Å²) in [5.41, 5.74) is 5.38. The van der Waals surface area contributed by atoms with Gasteiger partial charge in [-0.1, -0.05) is 0 Å². The van der Waals surface area contributed by atoms with Gasteiger partial charge in [-0.2, -0.15) is 0 Å². The maximum atomic E-state index is 11.9. The van der Waals surface area contributed by atoms with Gasteiger partial charge in [0, 0.05) is 19.6 Å². The minimum Gasteiger partial charge on any atom is -0.379 e. The van der Waals surface area contributed by atoms with Gasteiger partial charge in [0.25, 0.3) is 0 Å². The monoisotopic (exact) mass is 255 g/mol. The summed E-state index contributed by atoms with van der Waals surface area (Å²) in [4.78, 5) is 14.3. The van der Waals surface area contributed by atoms with Crippen LogP contribution < -0.4 is 11.1 Å². The van der Waals surface area contributed by atoms with Gasteiger partial charge in [0.1, 0.15) is 0 Å². The smallest absolute Gasteiger partial charge is 0.240 e. The first kappa shape index (κ1) is 13.8. The van der Waals surface area contributed by atoms with Gasteiger partial charge in [0.15, 0.2) is 0 Å². The minimum absolute atomic E-state index is 0.00646. The second kappa shape index (κ2) is 5.99. The zero-order chi connectivity index (χ0) is 13.0. The van der Waals surface area contributed by atoms with Crippen LogP contribution in [-0.2, 0) is 9.53 Å². The van der Waals surface area contributed by atoms with Gasteiger partial charge in [-0.25, -0.2) is 0 Å². The number of carbonyl (C=O) groups is 1. The number of carbonyl (C=O) groups excluding carboxylic acids is 1. The molecule has 5 nitrogen and oxygen atoms in total. The van der Waals surface area contributed by atoms with E-state index in [1.807, 2.05) is 6.92 Å². The van der Waals surface area contributed by atoms with E-state index in [1.165, 1.54) is 0 Å². The third kappa shape index (κ3) is 3.67. The number of amides is 1. The van der Waals surface area contributed by atoms with Crippen molar-refractivity contribution in [3.05, 3.63) is 0 Å². The van der Waals surface area contributed by atoms with Crippen LogP contribution in [0.4, 0.5) is 0 Å². The van der Waals surface area contributed by atoms with E-state index in [0.717, 1.165) is 58.7 Å². The first-order valence-electron chi connectivity index (χ1n) is 6.98. The molecule has 0 radical (unpaired) electrons. The molecule has 18 heavy (non-hydrogen) atoms. The number of hydrogen-bond acceptors (Lipinski definition) is 4. The maximum Gasteiger partial charge on any atom is 0.240 e. The van der Waals surface area contributed by atoms with E-state index in [2.05, 4.69) is 10.2 Å². The number of hydrogen-bond donors (Lipinski definition) is 2. The van der Waals surface area contributed by atoms with Crippen LogP contribution in [0.3, 0.4) is 0 Å². The third-order valence-corrected chi connectivity index (χ3v) is 3.96. The van der Waals surface area contributed by atoms with E-state index in [0.29, 0.717) is 5.92 Å². The first-order valence-corrected chi connectivity index (χ1v) is 6.98. The van der Waals surface area contributed by atoms with E-state index in [9.17, 15) is 4.79 Å². The van der Waals surface area contributed by atoms with E-state index < -0.39 is 5.54 Å². The summed E-state index contributed by atoms with van der Waals surface area (Å²) >= 11 is 0. The van der Waals surface area contributed by atoms with Gasteiger partial charge in [0.05, 0.1) is 18.8 Å². The standard InChI is InChI=1S/C13H25N3O2/c1-13(14,11-3-4-11)12(17)15-5-2-6-16-7-9-18-10-8-16/h11H,2-10,14H2,1H3,(H,15,17). The normalized spacial score (nSPS) is 24.6. The van der Waals surface area contributed by atoms with Crippen molar-refractivity contribution in [1.29, 1.82) is 0 Å². The molecule has 0 aromatic carbocycles. The van der Waals surface area contributed by atoms with Crippen LogP contribution in [0.25, 0.3) is 0 Å². The summed E-state index contributed by atoms with van der Waals surface area (Å²) in [7, 11) is 0. The quantitative estimate of drug-likeness (QED) is 0.653. The van der Waals surface area contributed by atoms with Crippen molar-refractivity contribution in [3.8, 4) is 0 Å². The molecule has 2 aliphatic rings. The van der Waals surface area contributed by atoms with Gasteiger partial charge < -0.3 is 15.8 Å². The lowest BCUT2D eigenvalue weighted by molar-refractivity contribution is -0.126. The molecule has 0 spiro atoms. The van der Waals surface area contributed by atoms with E-state index in [4.69, 9.17) is 10.5 Å². The molecule has 1 atom stereocenters. The molecule has 3 N–H and O–H groups in total.